The first-order chi connectivity index (χ1) is 7.87. The Morgan fingerprint density at radius 3 is 2.41 bits per heavy atom. The second kappa shape index (κ2) is 7.00. The molecule has 0 aromatic heterocycles. The number of ether oxygens (including phenoxy) is 1. The normalized spacial score (nSPS) is 18.4. The zero-order valence-corrected chi connectivity index (χ0v) is 11.2. The lowest BCUT2D eigenvalue weighted by Gasteiger charge is -2.36. The minimum Gasteiger partial charge on any atom is -1.00 e. The van der Waals surface area contributed by atoms with E-state index >= 15 is 0 Å². The predicted molar refractivity (Wildman–Crippen MR) is 65.3 cm³/mol. The number of quaternary nitrogens is 1. The van der Waals surface area contributed by atoms with Gasteiger partial charge in [-0.15, -0.1) is 0 Å². The van der Waals surface area contributed by atoms with Crippen LogP contribution >= 0.6 is 0 Å². The summed E-state index contributed by atoms with van der Waals surface area (Å²) in [6.45, 7) is 5.40. The lowest BCUT2D eigenvalue weighted by molar-refractivity contribution is -0.669. The number of halogens is 1. The Bertz CT molecular complexity index is 309. The first-order valence-electron chi connectivity index (χ1n) is 6.38. The lowest BCUT2D eigenvalue weighted by atomic mass is 9.85. The van der Waals surface area contributed by atoms with Gasteiger partial charge in [-0.2, -0.15) is 0 Å². The van der Waals surface area contributed by atoms with Gasteiger partial charge in [0.05, 0.1) is 13.1 Å². The maximum atomic E-state index is 6.19. The molecule has 0 bridgehead atoms. The fourth-order valence-corrected chi connectivity index (χ4v) is 2.50. The van der Waals surface area contributed by atoms with Crippen molar-refractivity contribution in [1.29, 1.82) is 0 Å². The highest BCUT2D eigenvalue weighted by Crippen LogP contribution is 2.33. The highest BCUT2D eigenvalue weighted by atomic mass is 35.5. The number of nitrogens with two attached hydrogens (primary N) is 1. The molecule has 1 aliphatic heterocycles. The third-order valence-electron chi connectivity index (χ3n) is 3.39. The van der Waals surface area contributed by atoms with E-state index in [0.717, 1.165) is 25.9 Å². The van der Waals surface area contributed by atoms with Gasteiger partial charge in [0.15, 0.2) is 0 Å². The fraction of sp³-hybridized carbons (Fsp3) is 0.571. The molecule has 0 atom stereocenters. The van der Waals surface area contributed by atoms with Crippen molar-refractivity contribution in [3.63, 3.8) is 0 Å². The van der Waals surface area contributed by atoms with Gasteiger partial charge in [-0.1, -0.05) is 37.3 Å². The first kappa shape index (κ1) is 14.5. The SMILES string of the molecule is CCCOC1(c2ccccc2)CC[NH2+]CC1.[Cl-]. The summed E-state index contributed by atoms with van der Waals surface area (Å²) in [5, 5.41) is 2.39. The van der Waals surface area contributed by atoms with Gasteiger partial charge >= 0.3 is 0 Å². The van der Waals surface area contributed by atoms with Crippen LogP contribution in [0.3, 0.4) is 0 Å². The minimum absolute atomic E-state index is 0. The maximum absolute atomic E-state index is 6.19. The zero-order chi connectivity index (χ0) is 11.3. The second-order valence-electron chi connectivity index (χ2n) is 4.57. The molecule has 0 saturated carbocycles. The third kappa shape index (κ3) is 3.44. The summed E-state index contributed by atoms with van der Waals surface area (Å²) in [4.78, 5) is 0. The highest BCUT2D eigenvalue weighted by Gasteiger charge is 2.36. The summed E-state index contributed by atoms with van der Waals surface area (Å²) >= 11 is 0. The molecule has 96 valence electrons. The molecule has 1 aromatic carbocycles. The van der Waals surface area contributed by atoms with E-state index in [1.807, 2.05) is 0 Å². The van der Waals surface area contributed by atoms with E-state index in [9.17, 15) is 0 Å². The standard InChI is InChI=1S/C14H21NO.ClH/c1-2-12-16-14(8-10-15-11-9-14)13-6-4-3-5-7-13;/h3-7,15H,2,8-12H2,1H3;1H. The monoisotopic (exact) mass is 255 g/mol. The number of rotatable bonds is 4. The van der Waals surface area contributed by atoms with E-state index in [-0.39, 0.29) is 18.0 Å². The van der Waals surface area contributed by atoms with E-state index in [4.69, 9.17) is 4.74 Å². The van der Waals surface area contributed by atoms with Gasteiger partial charge in [0, 0.05) is 19.4 Å². The van der Waals surface area contributed by atoms with Crippen LogP contribution in [0.1, 0.15) is 31.7 Å². The van der Waals surface area contributed by atoms with E-state index in [0.29, 0.717) is 0 Å². The summed E-state index contributed by atoms with van der Waals surface area (Å²) in [5.41, 5.74) is 1.35. The summed E-state index contributed by atoms with van der Waals surface area (Å²) in [6, 6.07) is 10.7. The molecule has 1 aromatic rings. The van der Waals surface area contributed by atoms with Crippen LogP contribution in [0.15, 0.2) is 30.3 Å². The van der Waals surface area contributed by atoms with Crippen molar-refractivity contribution in [1.82, 2.24) is 0 Å². The highest BCUT2D eigenvalue weighted by molar-refractivity contribution is 5.23. The van der Waals surface area contributed by atoms with Crippen LogP contribution in [0.2, 0.25) is 0 Å². The molecular weight excluding hydrogens is 234 g/mol. The van der Waals surface area contributed by atoms with Crippen LogP contribution in [-0.2, 0) is 10.3 Å². The van der Waals surface area contributed by atoms with Crippen molar-refractivity contribution < 1.29 is 22.5 Å². The summed E-state index contributed by atoms with van der Waals surface area (Å²) in [6.07, 6.45) is 3.37. The van der Waals surface area contributed by atoms with Crippen LogP contribution in [0.4, 0.5) is 0 Å². The van der Waals surface area contributed by atoms with Gasteiger partial charge in [0.2, 0.25) is 0 Å². The molecular formula is C14H22ClNO. The summed E-state index contributed by atoms with van der Waals surface area (Å²) in [7, 11) is 0. The Morgan fingerprint density at radius 2 is 1.82 bits per heavy atom. The van der Waals surface area contributed by atoms with E-state index in [1.165, 1.54) is 18.7 Å². The Kier molecular flexibility index (Phi) is 5.96. The summed E-state index contributed by atoms with van der Waals surface area (Å²) < 4.78 is 6.19. The molecule has 0 aliphatic carbocycles. The molecule has 1 heterocycles. The Hall–Kier alpha value is -0.570. The third-order valence-corrected chi connectivity index (χ3v) is 3.39. The van der Waals surface area contributed by atoms with Gasteiger partial charge in [0.1, 0.15) is 5.60 Å². The molecule has 2 nitrogen and oxygen atoms in total. The molecule has 3 heteroatoms. The second-order valence-corrected chi connectivity index (χ2v) is 4.57. The van der Waals surface area contributed by atoms with Crippen molar-refractivity contribution in [2.45, 2.75) is 31.8 Å². The Balaban J connectivity index is 0.00000144. The van der Waals surface area contributed by atoms with Crippen LogP contribution in [0, 0.1) is 0 Å². The van der Waals surface area contributed by atoms with Crippen molar-refractivity contribution in [3.8, 4) is 0 Å². The van der Waals surface area contributed by atoms with Gasteiger partial charge in [-0.05, 0) is 12.0 Å². The molecule has 2 N–H and O–H groups in total. The predicted octanol–water partition coefficient (Wildman–Crippen LogP) is -1.33. The van der Waals surface area contributed by atoms with Crippen molar-refractivity contribution in [3.05, 3.63) is 35.9 Å². The fourth-order valence-electron chi connectivity index (χ4n) is 2.50. The Labute approximate surface area is 110 Å². The van der Waals surface area contributed by atoms with Gasteiger partial charge in [-0.25, -0.2) is 0 Å². The number of hydrogen-bond donors (Lipinski definition) is 1. The number of hydrogen-bond acceptors (Lipinski definition) is 1. The van der Waals surface area contributed by atoms with Crippen LogP contribution in [0.25, 0.3) is 0 Å². The Morgan fingerprint density at radius 1 is 1.18 bits per heavy atom. The van der Waals surface area contributed by atoms with Crippen molar-refractivity contribution in [2.24, 2.45) is 0 Å². The van der Waals surface area contributed by atoms with Gasteiger partial charge in [0.25, 0.3) is 0 Å². The van der Waals surface area contributed by atoms with Crippen molar-refractivity contribution in [2.75, 3.05) is 19.7 Å². The molecule has 0 spiro atoms. The molecule has 1 fully saturated rings. The van der Waals surface area contributed by atoms with E-state index in [1.54, 1.807) is 0 Å². The van der Waals surface area contributed by atoms with Gasteiger partial charge < -0.3 is 22.5 Å². The average molecular weight is 256 g/mol. The molecule has 17 heavy (non-hydrogen) atoms. The lowest BCUT2D eigenvalue weighted by Crippen LogP contribution is -3.00. The smallest absolute Gasteiger partial charge is 0.104 e. The average Bonchev–Trinajstić information content (AvgIpc) is 2.38. The van der Waals surface area contributed by atoms with E-state index in [2.05, 4.69) is 42.6 Å². The molecule has 0 radical (unpaired) electrons. The first-order valence-corrected chi connectivity index (χ1v) is 6.38. The number of benzene rings is 1. The molecule has 1 saturated heterocycles. The minimum atomic E-state index is -0.00792. The van der Waals surface area contributed by atoms with Crippen LogP contribution in [0.5, 0.6) is 0 Å². The van der Waals surface area contributed by atoms with Crippen LogP contribution in [-0.4, -0.2) is 19.7 Å². The largest absolute Gasteiger partial charge is 1.00 e. The molecule has 2 rings (SSSR count). The summed E-state index contributed by atoms with van der Waals surface area (Å²) in [5.74, 6) is 0. The van der Waals surface area contributed by atoms with E-state index < -0.39 is 0 Å². The molecule has 1 aliphatic rings. The topological polar surface area (TPSA) is 25.8 Å². The number of piperidine rings is 1. The zero-order valence-electron chi connectivity index (χ0n) is 10.5. The molecule has 0 unspecified atom stereocenters. The van der Waals surface area contributed by atoms with Crippen LogP contribution < -0.4 is 17.7 Å². The molecule has 0 amide bonds. The van der Waals surface area contributed by atoms with Crippen molar-refractivity contribution >= 4 is 0 Å². The quantitative estimate of drug-likeness (QED) is 0.709. The van der Waals surface area contributed by atoms with Gasteiger partial charge in [-0.3, -0.25) is 0 Å². The maximum Gasteiger partial charge on any atom is 0.104 e.